The molecule has 2 heterocycles. The van der Waals surface area contributed by atoms with E-state index in [-0.39, 0.29) is 17.9 Å². The first-order chi connectivity index (χ1) is 14.4. The molecule has 1 aliphatic heterocycles. The summed E-state index contributed by atoms with van der Waals surface area (Å²) in [5, 5.41) is 0. The summed E-state index contributed by atoms with van der Waals surface area (Å²) in [6.45, 7) is 1.94. The van der Waals surface area contributed by atoms with Crippen molar-refractivity contribution < 1.29 is 12.8 Å². The Hall–Kier alpha value is -2.51. The normalized spacial score (nSPS) is 19.9. The SMILES string of the molecule is Cc1ccc(S(=O)(=O)N2C(CCCc3ncc[nH]3)CCC2c2ccc(F)cc2)cc1. The molecule has 0 aliphatic carbocycles. The highest BCUT2D eigenvalue weighted by Crippen LogP contribution is 2.42. The number of H-pyrrole nitrogens is 1. The molecule has 1 saturated heterocycles. The number of halogens is 1. The van der Waals surface area contributed by atoms with Crippen molar-refractivity contribution >= 4 is 10.0 Å². The predicted molar refractivity (Wildman–Crippen MR) is 114 cm³/mol. The molecule has 5 nitrogen and oxygen atoms in total. The Bertz CT molecular complexity index is 1060. The molecule has 1 aromatic heterocycles. The fourth-order valence-electron chi connectivity index (χ4n) is 4.26. The van der Waals surface area contributed by atoms with Crippen molar-refractivity contribution in [2.45, 2.75) is 56.0 Å². The van der Waals surface area contributed by atoms with E-state index < -0.39 is 10.0 Å². The third kappa shape index (κ3) is 4.32. The van der Waals surface area contributed by atoms with Gasteiger partial charge in [-0.1, -0.05) is 29.8 Å². The first-order valence-electron chi connectivity index (χ1n) is 10.3. The predicted octanol–water partition coefficient (Wildman–Crippen LogP) is 4.77. The van der Waals surface area contributed by atoms with Crippen LogP contribution >= 0.6 is 0 Å². The van der Waals surface area contributed by atoms with Crippen LogP contribution in [0.3, 0.4) is 0 Å². The third-order valence-corrected chi connectivity index (χ3v) is 7.77. The lowest BCUT2D eigenvalue weighted by atomic mass is 10.0. The average Bonchev–Trinajstić information content (AvgIpc) is 3.39. The quantitative estimate of drug-likeness (QED) is 0.590. The fourth-order valence-corrected chi connectivity index (χ4v) is 6.15. The number of hydrogen-bond acceptors (Lipinski definition) is 3. The van der Waals surface area contributed by atoms with Gasteiger partial charge in [0.2, 0.25) is 10.0 Å². The van der Waals surface area contributed by atoms with E-state index in [0.29, 0.717) is 4.90 Å². The zero-order chi connectivity index (χ0) is 21.1. The smallest absolute Gasteiger partial charge is 0.243 e. The van der Waals surface area contributed by atoms with Crippen molar-refractivity contribution in [3.05, 3.63) is 83.7 Å². The largest absolute Gasteiger partial charge is 0.349 e. The van der Waals surface area contributed by atoms with E-state index in [0.717, 1.165) is 49.1 Å². The van der Waals surface area contributed by atoms with E-state index in [1.165, 1.54) is 12.1 Å². The summed E-state index contributed by atoms with van der Waals surface area (Å²) in [5.74, 6) is 0.593. The minimum atomic E-state index is -3.68. The number of aromatic nitrogens is 2. The van der Waals surface area contributed by atoms with Crippen LogP contribution in [0.25, 0.3) is 0 Å². The van der Waals surface area contributed by atoms with E-state index in [1.54, 1.807) is 41.0 Å². The summed E-state index contributed by atoms with van der Waals surface area (Å²) in [6.07, 6.45) is 7.40. The summed E-state index contributed by atoms with van der Waals surface area (Å²) in [4.78, 5) is 7.65. The molecule has 0 spiro atoms. The van der Waals surface area contributed by atoms with E-state index in [2.05, 4.69) is 9.97 Å². The molecule has 4 rings (SSSR count). The Morgan fingerprint density at radius 1 is 1.10 bits per heavy atom. The second-order valence-electron chi connectivity index (χ2n) is 7.87. The molecule has 0 saturated carbocycles. The van der Waals surface area contributed by atoms with E-state index in [4.69, 9.17) is 0 Å². The van der Waals surface area contributed by atoms with Gasteiger partial charge in [-0.25, -0.2) is 17.8 Å². The topological polar surface area (TPSA) is 66.1 Å². The maximum absolute atomic E-state index is 13.6. The molecule has 158 valence electrons. The molecule has 3 aromatic rings. The van der Waals surface area contributed by atoms with E-state index >= 15 is 0 Å². The lowest BCUT2D eigenvalue weighted by molar-refractivity contribution is 0.309. The molecule has 0 bridgehead atoms. The number of rotatable bonds is 7. The van der Waals surface area contributed by atoms with Gasteiger partial charge >= 0.3 is 0 Å². The van der Waals surface area contributed by atoms with E-state index in [1.807, 2.05) is 19.1 Å². The van der Waals surface area contributed by atoms with Gasteiger partial charge in [-0.15, -0.1) is 0 Å². The van der Waals surface area contributed by atoms with Crippen molar-refractivity contribution in [2.75, 3.05) is 0 Å². The molecule has 2 atom stereocenters. The van der Waals surface area contributed by atoms with Crippen LogP contribution in [0.1, 0.15) is 48.7 Å². The van der Waals surface area contributed by atoms with Gasteiger partial charge in [-0.3, -0.25) is 0 Å². The Balaban J connectivity index is 1.62. The lowest BCUT2D eigenvalue weighted by Crippen LogP contribution is -2.37. The highest BCUT2D eigenvalue weighted by molar-refractivity contribution is 7.89. The average molecular weight is 428 g/mol. The maximum Gasteiger partial charge on any atom is 0.243 e. The van der Waals surface area contributed by atoms with E-state index in [9.17, 15) is 12.8 Å². The number of benzene rings is 2. The Morgan fingerprint density at radius 2 is 1.83 bits per heavy atom. The van der Waals surface area contributed by atoms with Crippen molar-refractivity contribution in [1.82, 2.24) is 14.3 Å². The van der Waals surface area contributed by atoms with Crippen LogP contribution in [0, 0.1) is 12.7 Å². The van der Waals surface area contributed by atoms with Gasteiger partial charge in [0.05, 0.1) is 10.9 Å². The zero-order valence-corrected chi connectivity index (χ0v) is 17.8. The minimum Gasteiger partial charge on any atom is -0.349 e. The van der Waals surface area contributed by atoms with Gasteiger partial charge in [0, 0.05) is 24.9 Å². The molecular formula is C23H26FN3O2S. The third-order valence-electron chi connectivity index (χ3n) is 5.80. The van der Waals surface area contributed by atoms with Gasteiger partial charge in [0.25, 0.3) is 0 Å². The maximum atomic E-state index is 13.6. The summed E-state index contributed by atoms with van der Waals surface area (Å²) < 4.78 is 42.4. The number of nitrogens with zero attached hydrogens (tertiary/aromatic N) is 2. The Kier molecular flexibility index (Phi) is 6.01. The highest BCUT2D eigenvalue weighted by Gasteiger charge is 2.42. The fraction of sp³-hybridized carbons (Fsp3) is 0.348. The number of hydrogen-bond donors (Lipinski definition) is 1. The summed E-state index contributed by atoms with van der Waals surface area (Å²) >= 11 is 0. The first kappa shape index (κ1) is 20.8. The van der Waals surface area contributed by atoms with Gasteiger partial charge < -0.3 is 4.98 Å². The molecule has 0 amide bonds. The molecule has 2 aromatic carbocycles. The molecule has 7 heteroatoms. The van der Waals surface area contributed by atoms with Crippen LogP contribution < -0.4 is 0 Å². The van der Waals surface area contributed by atoms with Crippen molar-refractivity contribution in [3.8, 4) is 0 Å². The lowest BCUT2D eigenvalue weighted by Gasteiger charge is -2.30. The Morgan fingerprint density at radius 3 is 2.50 bits per heavy atom. The number of aryl methyl sites for hydroxylation is 2. The summed E-state index contributed by atoms with van der Waals surface area (Å²) in [5.41, 5.74) is 1.85. The van der Waals surface area contributed by atoms with Crippen LogP contribution in [0.4, 0.5) is 4.39 Å². The number of nitrogens with one attached hydrogen (secondary N) is 1. The van der Waals surface area contributed by atoms with Gasteiger partial charge in [-0.05, 0) is 62.4 Å². The second-order valence-corrected chi connectivity index (χ2v) is 9.72. The number of sulfonamides is 1. The van der Waals surface area contributed by atoms with Crippen LogP contribution in [0.2, 0.25) is 0 Å². The van der Waals surface area contributed by atoms with Crippen molar-refractivity contribution in [1.29, 1.82) is 0 Å². The summed E-state index contributed by atoms with van der Waals surface area (Å²) in [7, 11) is -3.68. The van der Waals surface area contributed by atoms with Gasteiger partial charge in [-0.2, -0.15) is 4.31 Å². The minimum absolute atomic E-state index is 0.0960. The van der Waals surface area contributed by atoms with Gasteiger partial charge in [0.1, 0.15) is 11.6 Å². The number of aromatic amines is 1. The molecule has 30 heavy (non-hydrogen) atoms. The van der Waals surface area contributed by atoms with Gasteiger partial charge in [0.15, 0.2) is 0 Å². The Labute approximate surface area is 177 Å². The molecule has 1 N–H and O–H groups in total. The molecular weight excluding hydrogens is 401 g/mol. The van der Waals surface area contributed by atoms with Crippen molar-refractivity contribution in [2.24, 2.45) is 0 Å². The summed E-state index contributed by atoms with van der Waals surface area (Å²) in [6, 6.07) is 12.8. The van der Waals surface area contributed by atoms with Crippen LogP contribution in [0.5, 0.6) is 0 Å². The standard InChI is InChI=1S/C23H26FN3O2S/c1-17-5-12-21(13-6-17)30(28,29)27-20(3-2-4-23-25-15-16-26-23)11-14-22(27)18-7-9-19(24)10-8-18/h5-10,12-13,15-16,20,22H,2-4,11,14H2,1H3,(H,25,26). The van der Waals surface area contributed by atoms with Crippen LogP contribution in [-0.4, -0.2) is 28.7 Å². The number of imidazole rings is 1. The van der Waals surface area contributed by atoms with Crippen molar-refractivity contribution in [3.63, 3.8) is 0 Å². The molecule has 1 aliphatic rings. The highest BCUT2D eigenvalue weighted by atomic mass is 32.2. The monoisotopic (exact) mass is 427 g/mol. The van der Waals surface area contributed by atoms with Crippen LogP contribution in [0.15, 0.2) is 65.8 Å². The molecule has 1 fully saturated rings. The zero-order valence-electron chi connectivity index (χ0n) is 17.0. The van der Waals surface area contributed by atoms with Crippen LogP contribution in [-0.2, 0) is 16.4 Å². The second kappa shape index (κ2) is 8.70. The molecule has 0 radical (unpaired) electrons. The molecule has 2 unspecified atom stereocenters. The first-order valence-corrected chi connectivity index (χ1v) is 11.7.